The number of methoxy groups -OCH3 is 1. The first-order valence-electron chi connectivity index (χ1n) is 9.79. The zero-order valence-corrected chi connectivity index (χ0v) is 18.4. The van der Waals surface area contributed by atoms with E-state index in [-0.39, 0.29) is 5.76 Å². The van der Waals surface area contributed by atoms with Crippen LogP contribution in [0.5, 0.6) is 0 Å². The lowest BCUT2D eigenvalue weighted by Crippen LogP contribution is -2.30. The zero-order valence-electron chi connectivity index (χ0n) is 17.5. The van der Waals surface area contributed by atoms with E-state index in [0.29, 0.717) is 22.6 Å². The first kappa shape index (κ1) is 21.2. The van der Waals surface area contributed by atoms with Gasteiger partial charge in [-0.2, -0.15) is 4.72 Å². The Kier molecular flexibility index (Phi) is 6.13. The number of nitrogens with one attached hydrogen (secondary N) is 1. The quantitative estimate of drug-likeness (QED) is 0.442. The molecule has 1 unspecified atom stereocenters. The van der Waals surface area contributed by atoms with Gasteiger partial charge in [-0.25, -0.2) is 4.98 Å². The van der Waals surface area contributed by atoms with Gasteiger partial charge in [0.25, 0.3) is 0 Å². The fraction of sp³-hybridized carbons (Fsp3) is 0.217. The summed E-state index contributed by atoms with van der Waals surface area (Å²) in [5.74, 6) is -0.446. The number of benzene rings is 2. The molecule has 160 valence electrons. The van der Waals surface area contributed by atoms with Crippen LogP contribution in [0.3, 0.4) is 0 Å². The summed E-state index contributed by atoms with van der Waals surface area (Å²) < 4.78 is 26.3. The van der Waals surface area contributed by atoms with Crippen LogP contribution in [0, 0.1) is 6.92 Å². The van der Waals surface area contributed by atoms with Crippen molar-refractivity contribution in [3.8, 4) is 0 Å². The van der Waals surface area contributed by atoms with Gasteiger partial charge in [0.2, 0.25) is 4.90 Å². The van der Waals surface area contributed by atoms with Crippen molar-refractivity contribution in [3.63, 3.8) is 0 Å². The summed E-state index contributed by atoms with van der Waals surface area (Å²) in [7, 11) is 3.62. The van der Waals surface area contributed by atoms with E-state index >= 15 is 0 Å². The molecule has 0 saturated heterocycles. The number of ether oxygens (including phenoxy) is 1. The topological polar surface area (TPSA) is 90.7 Å². The largest absolute Gasteiger partial charge is 0.588 e. The Morgan fingerprint density at radius 2 is 2.00 bits per heavy atom. The lowest BCUT2D eigenvalue weighted by molar-refractivity contribution is 0.0956. The summed E-state index contributed by atoms with van der Waals surface area (Å²) in [6.07, 6.45) is 0. The molecule has 4 rings (SSSR count). The van der Waals surface area contributed by atoms with Crippen LogP contribution >= 0.6 is 0 Å². The summed E-state index contributed by atoms with van der Waals surface area (Å²) >= 11 is -1.78. The number of para-hydroxylation sites is 1. The summed E-state index contributed by atoms with van der Waals surface area (Å²) in [4.78, 5) is 19.7. The number of hydrogen-bond acceptors (Lipinski definition) is 6. The van der Waals surface area contributed by atoms with Crippen LogP contribution in [0.25, 0.3) is 21.9 Å². The molecule has 1 atom stereocenters. The molecule has 2 heterocycles. The van der Waals surface area contributed by atoms with Crippen molar-refractivity contribution >= 4 is 44.8 Å². The van der Waals surface area contributed by atoms with E-state index < -0.39 is 17.3 Å². The number of aromatic nitrogens is 1. The number of furan rings is 1. The molecule has 8 heteroatoms. The number of aryl methyl sites for hydroxylation is 1. The van der Waals surface area contributed by atoms with Crippen molar-refractivity contribution in [1.82, 2.24) is 9.71 Å². The molecular weight excluding hydrogens is 414 g/mol. The summed E-state index contributed by atoms with van der Waals surface area (Å²) in [5.41, 5.74) is 2.95. The van der Waals surface area contributed by atoms with Gasteiger partial charge in [0.1, 0.15) is 22.5 Å². The predicted octanol–water partition coefficient (Wildman–Crippen LogP) is 3.82. The number of likely N-dealkylation sites (N-methyl/N-ethyl adjacent to an activating group) is 1. The van der Waals surface area contributed by atoms with E-state index in [1.807, 2.05) is 55.3 Å². The Morgan fingerprint density at radius 1 is 1.19 bits per heavy atom. The maximum absolute atomic E-state index is 12.9. The van der Waals surface area contributed by atoms with E-state index in [4.69, 9.17) is 9.15 Å². The molecule has 0 fully saturated rings. The molecule has 1 amide bonds. The first-order chi connectivity index (χ1) is 15.0. The molecule has 2 aromatic heterocycles. The number of carbonyl (C=O) groups excluding carboxylic acids is 1. The third kappa shape index (κ3) is 4.51. The van der Waals surface area contributed by atoms with E-state index in [2.05, 4.69) is 9.71 Å². The van der Waals surface area contributed by atoms with Crippen molar-refractivity contribution in [2.75, 3.05) is 32.2 Å². The Balaban J connectivity index is 1.55. The fourth-order valence-corrected chi connectivity index (χ4v) is 4.20. The van der Waals surface area contributed by atoms with Gasteiger partial charge in [0, 0.05) is 48.9 Å². The summed E-state index contributed by atoms with van der Waals surface area (Å²) in [6.45, 7) is 3.20. The maximum Gasteiger partial charge on any atom is 0.328 e. The van der Waals surface area contributed by atoms with E-state index in [0.717, 1.165) is 28.7 Å². The Morgan fingerprint density at radius 3 is 2.81 bits per heavy atom. The van der Waals surface area contributed by atoms with Crippen LogP contribution in [0.4, 0.5) is 5.69 Å². The van der Waals surface area contributed by atoms with Gasteiger partial charge in [0.05, 0.1) is 6.61 Å². The minimum Gasteiger partial charge on any atom is -0.588 e. The highest BCUT2D eigenvalue weighted by molar-refractivity contribution is 7.90. The number of nitrogens with zero attached hydrogens (tertiary/aromatic N) is 2. The normalized spacial score (nSPS) is 12.3. The average Bonchev–Trinajstić information content (AvgIpc) is 3.20. The summed E-state index contributed by atoms with van der Waals surface area (Å²) in [5, 5.41) is 1.65. The molecule has 0 radical (unpaired) electrons. The molecule has 31 heavy (non-hydrogen) atoms. The van der Waals surface area contributed by atoms with Crippen molar-refractivity contribution in [2.24, 2.45) is 0 Å². The molecular formula is C23H23N3O4S. The van der Waals surface area contributed by atoms with Crippen molar-refractivity contribution < 1.29 is 18.5 Å². The lowest BCUT2D eigenvalue weighted by Gasteiger charge is -2.18. The van der Waals surface area contributed by atoms with Crippen LogP contribution < -0.4 is 9.62 Å². The van der Waals surface area contributed by atoms with E-state index in [1.54, 1.807) is 25.3 Å². The molecule has 0 aliphatic heterocycles. The Labute approximate surface area is 183 Å². The van der Waals surface area contributed by atoms with Gasteiger partial charge in [-0.05, 0) is 37.3 Å². The van der Waals surface area contributed by atoms with Crippen LogP contribution in [0.2, 0.25) is 0 Å². The molecule has 0 aliphatic rings. The molecule has 1 N–H and O–H groups in total. The van der Waals surface area contributed by atoms with Gasteiger partial charge in [-0.3, -0.25) is 4.79 Å². The number of anilines is 1. The van der Waals surface area contributed by atoms with Crippen molar-refractivity contribution in [1.29, 1.82) is 0 Å². The smallest absolute Gasteiger partial charge is 0.328 e. The molecule has 2 aromatic carbocycles. The minimum atomic E-state index is -1.78. The standard InChI is InChI=1S/C23H23N3O4S/c1-15-7-8-16-5-4-6-21(22(16)24-15)31(28)25-23(27)20-13-17-9-10-18(14-19(17)30-20)26(2)11-12-29-3/h4-10,13-14H,11-12H2,1-3H3,(H,25,27). The van der Waals surface area contributed by atoms with Crippen LogP contribution in [0.15, 0.2) is 63.9 Å². The highest BCUT2D eigenvalue weighted by Gasteiger charge is 2.23. The first-order valence-corrected chi connectivity index (χ1v) is 10.9. The second kappa shape index (κ2) is 8.97. The third-order valence-electron chi connectivity index (χ3n) is 5.01. The SMILES string of the molecule is COCCN(C)c1ccc2cc(C(=O)N[S+]([O-])c3cccc4ccc(C)nc34)oc2c1. The Hall–Kier alpha value is -3.07. The molecule has 0 saturated carbocycles. The van der Waals surface area contributed by atoms with Gasteiger partial charge in [-0.15, -0.1) is 0 Å². The third-order valence-corrected chi connectivity index (χ3v) is 6.11. The lowest BCUT2D eigenvalue weighted by atomic mass is 10.2. The number of hydrogen-bond donors (Lipinski definition) is 1. The minimum absolute atomic E-state index is 0.101. The molecule has 0 bridgehead atoms. The molecule has 7 nitrogen and oxygen atoms in total. The van der Waals surface area contributed by atoms with Crippen LogP contribution in [-0.4, -0.2) is 42.8 Å². The highest BCUT2D eigenvalue weighted by atomic mass is 32.2. The van der Waals surface area contributed by atoms with Crippen molar-refractivity contribution in [2.45, 2.75) is 11.8 Å². The van der Waals surface area contributed by atoms with E-state index in [9.17, 15) is 9.35 Å². The van der Waals surface area contributed by atoms with Gasteiger partial charge >= 0.3 is 5.91 Å². The van der Waals surface area contributed by atoms with Crippen LogP contribution in [-0.2, 0) is 16.1 Å². The van der Waals surface area contributed by atoms with Crippen LogP contribution in [0.1, 0.15) is 16.2 Å². The number of rotatable bonds is 7. The number of fused-ring (bicyclic) bond motifs is 2. The van der Waals surface area contributed by atoms with Crippen molar-refractivity contribution in [3.05, 3.63) is 66.1 Å². The molecule has 0 aliphatic carbocycles. The molecule has 0 spiro atoms. The van der Waals surface area contributed by atoms with Gasteiger partial charge in [0.15, 0.2) is 5.76 Å². The Bertz CT molecular complexity index is 1240. The number of amides is 1. The second-order valence-electron chi connectivity index (χ2n) is 7.23. The summed E-state index contributed by atoms with van der Waals surface area (Å²) in [6, 6.07) is 16.6. The number of pyridine rings is 1. The molecule has 4 aromatic rings. The second-order valence-corrected chi connectivity index (χ2v) is 8.41. The van der Waals surface area contributed by atoms with E-state index in [1.165, 1.54) is 0 Å². The zero-order chi connectivity index (χ0) is 22.0. The monoisotopic (exact) mass is 437 g/mol. The van der Waals surface area contributed by atoms with Gasteiger partial charge < -0.3 is 18.6 Å². The maximum atomic E-state index is 12.9. The average molecular weight is 438 g/mol. The van der Waals surface area contributed by atoms with Gasteiger partial charge in [-0.1, -0.05) is 18.2 Å². The number of carbonyl (C=O) groups is 1. The fourth-order valence-electron chi connectivity index (χ4n) is 3.28. The highest BCUT2D eigenvalue weighted by Crippen LogP contribution is 2.26. The predicted molar refractivity (Wildman–Crippen MR) is 122 cm³/mol.